The van der Waals surface area contributed by atoms with Gasteiger partial charge in [0.15, 0.2) is 5.82 Å². The van der Waals surface area contributed by atoms with E-state index in [1.165, 1.54) is 35.7 Å². The van der Waals surface area contributed by atoms with Crippen LogP contribution >= 0.6 is 0 Å². The Hall–Kier alpha value is -3.56. The first-order valence-corrected chi connectivity index (χ1v) is 7.63. The number of carbonyl (C=O) groups excluding carboxylic acids is 1. The van der Waals surface area contributed by atoms with Gasteiger partial charge in [-0.15, -0.1) is 5.10 Å². The molecule has 3 rings (SSSR count). The molecule has 2 aromatic heterocycles. The molecule has 10 heteroatoms. The number of halogens is 3. The monoisotopic (exact) mass is 374 g/mol. The van der Waals surface area contributed by atoms with E-state index in [1.54, 1.807) is 13.0 Å². The first-order chi connectivity index (χ1) is 12.7. The van der Waals surface area contributed by atoms with Crippen molar-refractivity contribution in [2.45, 2.75) is 13.1 Å². The number of amides is 1. The molecule has 2 heterocycles. The van der Waals surface area contributed by atoms with Gasteiger partial charge in [0.05, 0.1) is 23.5 Å². The number of benzene rings is 1. The number of hydrogen-bond donors (Lipinski definition) is 1. The lowest BCUT2D eigenvalue weighted by Gasteiger charge is -2.09. The van der Waals surface area contributed by atoms with Crippen LogP contribution in [-0.4, -0.2) is 30.9 Å². The van der Waals surface area contributed by atoms with E-state index >= 15 is 0 Å². The van der Waals surface area contributed by atoms with Crippen molar-refractivity contribution < 1.29 is 18.0 Å². The van der Waals surface area contributed by atoms with Crippen molar-refractivity contribution in [2.24, 2.45) is 5.73 Å². The summed E-state index contributed by atoms with van der Waals surface area (Å²) in [6.07, 6.45) is 0.852. The molecular formula is C17H13F3N6O. The Bertz CT molecular complexity index is 1010. The summed E-state index contributed by atoms with van der Waals surface area (Å²) in [7, 11) is 0. The first kappa shape index (κ1) is 18.2. The molecule has 0 spiro atoms. The molecule has 0 atom stereocenters. The van der Waals surface area contributed by atoms with Crippen LogP contribution in [0.3, 0.4) is 0 Å². The summed E-state index contributed by atoms with van der Waals surface area (Å²) in [6.45, 7) is 1.55. The van der Waals surface area contributed by atoms with Crippen LogP contribution in [0.2, 0.25) is 0 Å². The van der Waals surface area contributed by atoms with Gasteiger partial charge in [-0.1, -0.05) is 0 Å². The van der Waals surface area contributed by atoms with Crippen molar-refractivity contribution in [1.29, 1.82) is 0 Å². The zero-order valence-electron chi connectivity index (χ0n) is 14.0. The lowest BCUT2D eigenvalue weighted by atomic mass is 10.1. The van der Waals surface area contributed by atoms with Crippen LogP contribution < -0.4 is 5.73 Å². The van der Waals surface area contributed by atoms with Gasteiger partial charge in [0, 0.05) is 17.3 Å². The molecule has 0 bridgehead atoms. The molecule has 0 aliphatic carbocycles. The van der Waals surface area contributed by atoms with Crippen LogP contribution in [0.25, 0.3) is 23.2 Å². The van der Waals surface area contributed by atoms with Crippen LogP contribution in [0, 0.1) is 6.92 Å². The Morgan fingerprint density at radius 1 is 1.22 bits per heavy atom. The van der Waals surface area contributed by atoms with E-state index in [0.717, 1.165) is 12.1 Å². The van der Waals surface area contributed by atoms with Crippen molar-refractivity contribution >= 4 is 17.7 Å². The maximum atomic E-state index is 13.0. The number of aromatic nitrogens is 5. The highest BCUT2D eigenvalue weighted by atomic mass is 19.4. The highest BCUT2D eigenvalue weighted by Gasteiger charge is 2.31. The number of nitrogens with zero attached hydrogens (tertiary/aromatic N) is 5. The minimum Gasteiger partial charge on any atom is -0.366 e. The van der Waals surface area contributed by atoms with E-state index in [2.05, 4.69) is 20.3 Å². The number of rotatable bonds is 4. The standard InChI is InChI=1S/C17H13F3N6O/c1-10-4-12(6-13(5-10)17(18,19)20)16-22-9-26(25-16)8-14(15(21)27)11-2-3-23-24-7-11/h2-9H,1H3,(H2,21,27)/b14-8+. The fourth-order valence-electron chi connectivity index (χ4n) is 2.41. The van der Waals surface area contributed by atoms with Gasteiger partial charge in [0.2, 0.25) is 0 Å². The van der Waals surface area contributed by atoms with Crippen LogP contribution in [-0.2, 0) is 11.0 Å². The summed E-state index contributed by atoms with van der Waals surface area (Å²) in [4.78, 5) is 15.7. The zero-order valence-corrected chi connectivity index (χ0v) is 14.0. The van der Waals surface area contributed by atoms with Crippen LogP contribution in [0.5, 0.6) is 0 Å². The number of alkyl halides is 3. The van der Waals surface area contributed by atoms with Crippen molar-refractivity contribution in [2.75, 3.05) is 0 Å². The third-order valence-electron chi connectivity index (χ3n) is 3.59. The fourth-order valence-corrected chi connectivity index (χ4v) is 2.41. The summed E-state index contributed by atoms with van der Waals surface area (Å²) >= 11 is 0. The Morgan fingerprint density at radius 3 is 2.63 bits per heavy atom. The van der Waals surface area contributed by atoms with Gasteiger partial charge in [0.1, 0.15) is 6.33 Å². The summed E-state index contributed by atoms with van der Waals surface area (Å²) in [5, 5.41) is 11.4. The maximum Gasteiger partial charge on any atom is 0.416 e. The normalized spacial score (nSPS) is 12.2. The zero-order chi connectivity index (χ0) is 19.6. The van der Waals surface area contributed by atoms with E-state index in [4.69, 9.17) is 5.73 Å². The number of carbonyl (C=O) groups is 1. The lowest BCUT2D eigenvalue weighted by Crippen LogP contribution is -2.14. The smallest absolute Gasteiger partial charge is 0.366 e. The van der Waals surface area contributed by atoms with E-state index in [1.807, 2.05) is 0 Å². The Morgan fingerprint density at radius 2 is 2.00 bits per heavy atom. The topological polar surface area (TPSA) is 99.6 Å². The molecule has 138 valence electrons. The number of aryl methyl sites for hydroxylation is 1. The van der Waals surface area contributed by atoms with Gasteiger partial charge >= 0.3 is 6.18 Å². The Kier molecular flexibility index (Phi) is 4.72. The van der Waals surface area contributed by atoms with Crippen molar-refractivity contribution in [3.8, 4) is 11.4 Å². The third-order valence-corrected chi connectivity index (χ3v) is 3.59. The number of nitrogens with two attached hydrogens (primary N) is 1. The lowest BCUT2D eigenvalue weighted by molar-refractivity contribution is -0.137. The quantitative estimate of drug-likeness (QED) is 0.708. The van der Waals surface area contributed by atoms with E-state index in [-0.39, 0.29) is 17.0 Å². The molecule has 7 nitrogen and oxygen atoms in total. The van der Waals surface area contributed by atoms with Crippen molar-refractivity contribution in [1.82, 2.24) is 25.0 Å². The van der Waals surface area contributed by atoms with E-state index in [0.29, 0.717) is 11.1 Å². The molecule has 1 amide bonds. The largest absolute Gasteiger partial charge is 0.416 e. The molecule has 0 aliphatic rings. The summed E-state index contributed by atoms with van der Waals surface area (Å²) < 4.78 is 40.2. The number of primary amides is 1. The second-order valence-corrected chi connectivity index (χ2v) is 5.67. The third kappa shape index (κ3) is 4.17. The van der Waals surface area contributed by atoms with Crippen LogP contribution in [0.1, 0.15) is 16.7 Å². The van der Waals surface area contributed by atoms with Crippen LogP contribution in [0.4, 0.5) is 13.2 Å². The molecule has 0 aliphatic heterocycles. The molecule has 2 N–H and O–H groups in total. The maximum absolute atomic E-state index is 13.0. The van der Waals surface area contributed by atoms with Gasteiger partial charge in [-0.05, 0) is 36.8 Å². The van der Waals surface area contributed by atoms with Gasteiger partial charge in [0.25, 0.3) is 5.91 Å². The molecule has 27 heavy (non-hydrogen) atoms. The predicted octanol–water partition coefficient (Wildman–Crippen LogP) is 2.55. The number of hydrogen-bond acceptors (Lipinski definition) is 5. The molecule has 0 radical (unpaired) electrons. The average Bonchev–Trinajstić information content (AvgIpc) is 3.08. The molecule has 1 aromatic carbocycles. The average molecular weight is 374 g/mol. The Balaban J connectivity index is 2.00. The highest BCUT2D eigenvalue weighted by Crippen LogP contribution is 2.32. The second-order valence-electron chi connectivity index (χ2n) is 5.67. The van der Waals surface area contributed by atoms with Gasteiger partial charge in [-0.25, -0.2) is 9.67 Å². The fraction of sp³-hybridized carbons (Fsp3) is 0.118. The van der Waals surface area contributed by atoms with Crippen molar-refractivity contribution in [3.63, 3.8) is 0 Å². The second kappa shape index (κ2) is 6.98. The van der Waals surface area contributed by atoms with E-state index < -0.39 is 17.6 Å². The summed E-state index contributed by atoms with van der Waals surface area (Å²) in [5.74, 6) is -0.646. The highest BCUT2D eigenvalue weighted by molar-refractivity contribution is 6.22. The molecule has 3 aromatic rings. The van der Waals surface area contributed by atoms with Gasteiger partial charge < -0.3 is 5.73 Å². The van der Waals surface area contributed by atoms with Crippen molar-refractivity contribution in [3.05, 3.63) is 59.7 Å². The van der Waals surface area contributed by atoms with Gasteiger partial charge in [-0.3, -0.25) is 4.79 Å². The van der Waals surface area contributed by atoms with Crippen LogP contribution in [0.15, 0.2) is 43.0 Å². The van der Waals surface area contributed by atoms with E-state index in [9.17, 15) is 18.0 Å². The molecule has 0 unspecified atom stereocenters. The SMILES string of the molecule is Cc1cc(-c2ncn(/C=C(/C(N)=O)c3ccnnc3)n2)cc(C(F)(F)F)c1. The minimum atomic E-state index is -4.48. The molecule has 0 saturated carbocycles. The summed E-state index contributed by atoms with van der Waals surface area (Å²) in [5.41, 5.74) is 5.75. The first-order valence-electron chi connectivity index (χ1n) is 7.63. The van der Waals surface area contributed by atoms with Gasteiger partial charge in [-0.2, -0.15) is 23.4 Å². The Labute approximate surface area is 151 Å². The predicted molar refractivity (Wildman–Crippen MR) is 90.6 cm³/mol. The molecule has 0 fully saturated rings. The minimum absolute atomic E-state index is 0.0807. The molecular weight excluding hydrogens is 361 g/mol. The molecule has 0 saturated heterocycles. The summed E-state index contributed by atoms with van der Waals surface area (Å²) in [6, 6.07) is 5.10.